The average molecular weight is 318 g/mol. The van der Waals surface area contributed by atoms with Crippen LogP contribution in [-0.4, -0.2) is 23.0 Å². The van der Waals surface area contributed by atoms with Gasteiger partial charge >= 0.3 is 6.18 Å². The minimum atomic E-state index is -4.55. The number of carbonyl (C=O) groups excluding carboxylic acids is 2. The number of rotatable bonds is 2. The van der Waals surface area contributed by atoms with Gasteiger partial charge in [-0.1, -0.05) is 30.3 Å². The highest BCUT2D eigenvalue weighted by molar-refractivity contribution is 6.21. The van der Waals surface area contributed by atoms with E-state index in [-0.39, 0.29) is 16.7 Å². The number of carbonyl (C=O) groups is 2. The molecule has 3 rings (SSSR count). The predicted octanol–water partition coefficient (Wildman–Crippen LogP) is 3.34. The van der Waals surface area contributed by atoms with Crippen LogP contribution in [0.5, 0.6) is 0 Å². The van der Waals surface area contributed by atoms with Gasteiger partial charge in [-0.15, -0.1) is 0 Å². The van der Waals surface area contributed by atoms with Gasteiger partial charge < -0.3 is 0 Å². The van der Waals surface area contributed by atoms with Gasteiger partial charge in [0.15, 0.2) is 0 Å². The van der Waals surface area contributed by atoms with Crippen molar-refractivity contribution in [3.63, 3.8) is 0 Å². The first kappa shape index (κ1) is 15.0. The van der Waals surface area contributed by atoms with Crippen molar-refractivity contribution in [3.8, 4) is 0 Å². The second-order valence-electron chi connectivity index (χ2n) is 4.80. The Morgan fingerprint density at radius 3 is 1.96 bits per heavy atom. The molecule has 0 atom stereocenters. The smallest absolute Gasteiger partial charge is 0.267 e. The van der Waals surface area contributed by atoms with Crippen molar-refractivity contribution in [1.29, 1.82) is 0 Å². The molecule has 2 amide bonds. The molecule has 0 fully saturated rings. The van der Waals surface area contributed by atoms with E-state index >= 15 is 0 Å². The minimum absolute atomic E-state index is 0.179. The van der Waals surface area contributed by atoms with E-state index in [0.29, 0.717) is 5.01 Å². The van der Waals surface area contributed by atoms with Crippen LogP contribution in [0.1, 0.15) is 31.8 Å². The predicted molar refractivity (Wildman–Crippen MR) is 76.0 cm³/mol. The molecule has 0 radical (unpaired) electrons. The molecule has 1 heterocycles. The standard InChI is InChI=1S/C16H9F3N2O2/c17-16(18,19)13-8-4-1-5-10(13)9-20-21-14(22)11-6-2-3-7-12(11)15(21)23/h1-9H/b20-9-. The third-order valence-electron chi connectivity index (χ3n) is 3.35. The van der Waals surface area contributed by atoms with Crippen LogP contribution in [0.15, 0.2) is 53.6 Å². The summed E-state index contributed by atoms with van der Waals surface area (Å²) in [4.78, 5) is 24.2. The molecule has 0 saturated carbocycles. The van der Waals surface area contributed by atoms with Gasteiger partial charge in [-0.25, -0.2) is 0 Å². The van der Waals surface area contributed by atoms with Gasteiger partial charge in [0.2, 0.25) is 0 Å². The van der Waals surface area contributed by atoms with Gasteiger partial charge in [0.1, 0.15) is 0 Å². The van der Waals surface area contributed by atoms with Crippen molar-refractivity contribution in [2.75, 3.05) is 0 Å². The zero-order valence-electron chi connectivity index (χ0n) is 11.5. The number of alkyl halides is 3. The molecule has 0 N–H and O–H groups in total. The molecule has 116 valence electrons. The summed E-state index contributed by atoms with van der Waals surface area (Å²) in [5, 5.41) is 4.22. The Labute approximate surface area is 128 Å². The van der Waals surface area contributed by atoms with Gasteiger partial charge in [-0.05, 0) is 18.2 Å². The Morgan fingerprint density at radius 2 is 1.39 bits per heavy atom. The average Bonchev–Trinajstić information content (AvgIpc) is 2.77. The summed E-state index contributed by atoms with van der Waals surface area (Å²) in [6.07, 6.45) is -3.69. The molecule has 7 heteroatoms. The Balaban J connectivity index is 1.94. The lowest BCUT2D eigenvalue weighted by molar-refractivity contribution is -0.137. The normalized spacial score (nSPS) is 14.7. The zero-order valence-corrected chi connectivity index (χ0v) is 11.5. The number of hydrogen-bond donors (Lipinski definition) is 0. The van der Waals surface area contributed by atoms with E-state index < -0.39 is 23.6 Å². The highest BCUT2D eigenvalue weighted by atomic mass is 19.4. The lowest BCUT2D eigenvalue weighted by Crippen LogP contribution is -2.24. The van der Waals surface area contributed by atoms with Crippen LogP contribution in [0.25, 0.3) is 0 Å². The van der Waals surface area contributed by atoms with Crippen LogP contribution >= 0.6 is 0 Å². The summed E-state index contributed by atoms with van der Waals surface area (Å²) in [6.45, 7) is 0. The topological polar surface area (TPSA) is 49.7 Å². The van der Waals surface area contributed by atoms with E-state index in [0.717, 1.165) is 12.3 Å². The van der Waals surface area contributed by atoms with Gasteiger partial charge in [0, 0.05) is 5.56 Å². The Morgan fingerprint density at radius 1 is 0.870 bits per heavy atom. The maximum Gasteiger partial charge on any atom is 0.417 e. The van der Waals surface area contributed by atoms with Gasteiger partial charge in [0.25, 0.3) is 11.8 Å². The molecule has 0 spiro atoms. The first-order chi connectivity index (χ1) is 10.9. The minimum Gasteiger partial charge on any atom is -0.267 e. The maximum atomic E-state index is 12.9. The van der Waals surface area contributed by atoms with Crippen molar-refractivity contribution in [1.82, 2.24) is 5.01 Å². The summed E-state index contributed by atoms with van der Waals surface area (Å²) in [7, 11) is 0. The van der Waals surface area contributed by atoms with Crippen LogP contribution in [0.3, 0.4) is 0 Å². The van der Waals surface area contributed by atoms with E-state index in [2.05, 4.69) is 5.10 Å². The molecule has 23 heavy (non-hydrogen) atoms. The van der Waals surface area contributed by atoms with E-state index in [1.165, 1.54) is 30.3 Å². The van der Waals surface area contributed by atoms with E-state index in [1.54, 1.807) is 12.1 Å². The molecule has 0 aromatic heterocycles. The van der Waals surface area contributed by atoms with Gasteiger partial charge in [-0.2, -0.15) is 23.3 Å². The van der Waals surface area contributed by atoms with E-state index in [1.807, 2.05) is 0 Å². The second kappa shape index (κ2) is 5.35. The third kappa shape index (κ3) is 2.61. The molecular formula is C16H9F3N2O2. The lowest BCUT2D eigenvalue weighted by atomic mass is 10.1. The summed E-state index contributed by atoms with van der Waals surface area (Å²) in [5.41, 5.74) is -0.755. The van der Waals surface area contributed by atoms with E-state index in [9.17, 15) is 22.8 Å². The molecule has 0 bridgehead atoms. The van der Waals surface area contributed by atoms with Crippen LogP contribution in [0.4, 0.5) is 13.2 Å². The molecular weight excluding hydrogens is 309 g/mol. The molecule has 1 aliphatic rings. The number of hydrazone groups is 1. The summed E-state index contributed by atoms with van der Waals surface area (Å²) in [6, 6.07) is 10.9. The van der Waals surface area contributed by atoms with Crippen molar-refractivity contribution in [2.45, 2.75) is 6.18 Å². The van der Waals surface area contributed by atoms with Crippen LogP contribution in [0.2, 0.25) is 0 Å². The maximum absolute atomic E-state index is 12.9. The van der Waals surface area contributed by atoms with Crippen molar-refractivity contribution < 1.29 is 22.8 Å². The number of amides is 2. The number of imide groups is 1. The molecule has 0 unspecified atom stereocenters. The number of nitrogens with zero attached hydrogens (tertiary/aromatic N) is 2. The van der Waals surface area contributed by atoms with Crippen LogP contribution in [-0.2, 0) is 6.18 Å². The highest BCUT2D eigenvalue weighted by Gasteiger charge is 2.36. The molecule has 1 aliphatic heterocycles. The second-order valence-corrected chi connectivity index (χ2v) is 4.80. The fourth-order valence-electron chi connectivity index (χ4n) is 2.27. The fourth-order valence-corrected chi connectivity index (χ4v) is 2.27. The largest absolute Gasteiger partial charge is 0.417 e. The third-order valence-corrected chi connectivity index (χ3v) is 3.35. The number of benzene rings is 2. The Bertz CT molecular complexity index is 793. The van der Waals surface area contributed by atoms with E-state index in [4.69, 9.17) is 0 Å². The SMILES string of the molecule is O=C1c2ccccc2C(=O)N1/N=C\c1ccccc1C(F)(F)F. The fraction of sp³-hybridized carbons (Fsp3) is 0.0625. The summed E-state index contributed by atoms with van der Waals surface area (Å²) < 4.78 is 38.7. The number of fused-ring (bicyclic) bond motifs is 1. The zero-order chi connectivity index (χ0) is 16.6. The molecule has 2 aromatic rings. The van der Waals surface area contributed by atoms with Crippen molar-refractivity contribution in [3.05, 3.63) is 70.8 Å². The van der Waals surface area contributed by atoms with Crippen LogP contribution < -0.4 is 0 Å². The van der Waals surface area contributed by atoms with Crippen molar-refractivity contribution in [2.24, 2.45) is 5.10 Å². The molecule has 4 nitrogen and oxygen atoms in total. The van der Waals surface area contributed by atoms with Gasteiger partial charge in [0.05, 0.1) is 22.9 Å². The molecule has 2 aromatic carbocycles. The van der Waals surface area contributed by atoms with Gasteiger partial charge in [-0.3, -0.25) is 9.59 Å². The van der Waals surface area contributed by atoms with Crippen molar-refractivity contribution >= 4 is 18.0 Å². The van der Waals surface area contributed by atoms with Crippen LogP contribution in [0, 0.1) is 0 Å². The number of halogens is 3. The Kier molecular flexibility index (Phi) is 3.48. The summed E-state index contributed by atoms with van der Waals surface area (Å²) >= 11 is 0. The summed E-state index contributed by atoms with van der Waals surface area (Å²) in [5.74, 6) is -1.32. The quantitative estimate of drug-likeness (QED) is 0.630. The first-order valence-corrected chi connectivity index (χ1v) is 6.57. The number of hydrogen-bond acceptors (Lipinski definition) is 3. The molecule has 0 aliphatic carbocycles. The molecule has 0 saturated heterocycles. The lowest BCUT2D eigenvalue weighted by Gasteiger charge is -2.10. The Hall–Kier alpha value is -2.96. The monoisotopic (exact) mass is 318 g/mol. The highest BCUT2D eigenvalue weighted by Crippen LogP contribution is 2.31. The first-order valence-electron chi connectivity index (χ1n) is 6.57.